The van der Waals surface area contributed by atoms with E-state index in [1.807, 2.05) is 36.4 Å². The number of nitrogens with zero attached hydrogens (tertiary/aromatic N) is 3. The first-order valence-corrected chi connectivity index (χ1v) is 8.23. The first kappa shape index (κ1) is 17.2. The molecule has 3 rings (SSSR count). The number of hydrogen-bond acceptors (Lipinski definition) is 6. The van der Waals surface area contributed by atoms with Crippen molar-refractivity contribution in [3.05, 3.63) is 72.1 Å². The van der Waals surface area contributed by atoms with Crippen molar-refractivity contribution in [2.75, 3.05) is 24.3 Å². The standard InChI is InChI=1S/C20H19N5O/c1-26-18-8-3-2-6-16(18)9-10-22-19-12-20(24-14-23-19)25-17-7-4-5-15(11-17)13-21/h2-8,11-12,14H,9-10H2,1H3,(H2,22,23,24,25). The van der Waals surface area contributed by atoms with E-state index < -0.39 is 0 Å². The molecule has 130 valence electrons. The molecule has 26 heavy (non-hydrogen) atoms. The number of methoxy groups -OCH3 is 1. The maximum Gasteiger partial charge on any atom is 0.135 e. The Morgan fingerprint density at radius 1 is 1.04 bits per heavy atom. The summed E-state index contributed by atoms with van der Waals surface area (Å²) in [6.07, 6.45) is 2.32. The summed E-state index contributed by atoms with van der Waals surface area (Å²) < 4.78 is 5.37. The van der Waals surface area contributed by atoms with Crippen LogP contribution in [-0.4, -0.2) is 23.6 Å². The Labute approximate surface area is 152 Å². The third kappa shape index (κ3) is 4.48. The van der Waals surface area contributed by atoms with Gasteiger partial charge in [-0.2, -0.15) is 5.26 Å². The molecule has 2 N–H and O–H groups in total. The molecule has 0 fully saturated rings. The maximum atomic E-state index is 8.98. The Balaban J connectivity index is 1.61. The quantitative estimate of drug-likeness (QED) is 0.678. The summed E-state index contributed by atoms with van der Waals surface area (Å²) >= 11 is 0. The predicted octanol–water partition coefficient (Wildman–Crippen LogP) is 3.76. The zero-order chi connectivity index (χ0) is 18.2. The minimum absolute atomic E-state index is 0.596. The van der Waals surface area contributed by atoms with E-state index in [4.69, 9.17) is 10.00 Å². The molecule has 1 heterocycles. The Morgan fingerprint density at radius 3 is 2.73 bits per heavy atom. The van der Waals surface area contributed by atoms with Crippen molar-refractivity contribution in [2.45, 2.75) is 6.42 Å². The normalized spacial score (nSPS) is 10.0. The van der Waals surface area contributed by atoms with E-state index in [1.54, 1.807) is 19.2 Å². The van der Waals surface area contributed by atoms with Crippen LogP contribution in [0.3, 0.4) is 0 Å². The molecular weight excluding hydrogens is 326 g/mol. The zero-order valence-electron chi connectivity index (χ0n) is 14.4. The van der Waals surface area contributed by atoms with Crippen LogP contribution in [0.2, 0.25) is 0 Å². The molecule has 1 aromatic heterocycles. The molecule has 0 spiro atoms. The second kappa shape index (κ2) is 8.49. The molecule has 0 bridgehead atoms. The topological polar surface area (TPSA) is 82.9 Å². The van der Waals surface area contributed by atoms with Crippen molar-refractivity contribution >= 4 is 17.3 Å². The first-order valence-electron chi connectivity index (χ1n) is 8.23. The monoisotopic (exact) mass is 345 g/mol. The lowest BCUT2D eigenvalue weighted by molar-refractivity contribution is 0.410. The smallest absolute Gasteiger partial charge is 0.135 e. The summed E-state index contributed by atoms with van der Waals surface area (Å²) in [6, 6.07) is 19.2. The van der Waals surface area contributed by atoms with E-state index in [9.17, 15) is 0 Å². The van der Waals surface area contributed by atoms with E-state index in [-0.39, 0.29) is 0 Å². The summed E-state index contributed by atoms with van der Waals surface area (Å²) in [5.41, 5.74) is 2.55. The van der Waals surface area contributed by atoms with Crippen LogP contribution in [0.15, 0.2) is 60.9 Å². The van der Waals surface area contributed by atoms with Crippen LogP contribution in [0.25, 0.3) is 0 Å². The minimum Gasteiger partial charge on any atom is -0.496 e. The van der Waals surface area contributed by atoms with Gasteiger partial charge < -0.3 is 15.4 Å². The lowest BCUT2D eigenvalue weighted by Crippen LogP contribution is -2.08. The highest BCUT2D eigenvalue weighted by molar-refractivity contribution is 5.60. The number of benzene rings is 2. The number of aromatic nitrogens is 2. The molecule has 3 aromatic rings. The average molecular weight is 345 g/mol. The van der Waals surface area contributed by atoms with Crippen LogP contribution in [0.1, 0.15) is 11.1 Å². The van der Waals surface area contributed by atoms with Crippen LogP contribution in [0.4, 0.5) is 17.3 Å². The second-order valence-corrected chi connectivity index (χ2v) is 5.59. The van der Waals surface area contributed by atoms with E-state index in [0.29, 0.717) is 11.4 Å². The summed E-state index contributed by atoms with van der Waals surface area (Å²) in [6.45, 7) is 0.723. The van der Waals surface area contributed by atoms with E-state index in [2.05, 4.69) is 32.7 Å². The number of nitrogens with one attached hydrogen (secondary N) is 2. The Morgan fingerprint density at radius 2 is 1.88 bits per heavy atom. The van der Waals surface area contributed by atoms with Crippen molar-refractivity contribution < 1.29 is 4.74 Å². The van der Waals surface area contributed by atoms with Crippen molar-refractivity contribution in [2.24, 2.45) is 0 Å². The van der Waals surface area contributed by atoms with Crippen molar-refractivity contribution in [1.29, 1.82) is 5.26 Å². The Kier molecular flexibility index (Phi) is 5.63. The lowest BCUT2D eigenvalue weighted by Gasteiger charge is -2.10. The number of anilines is 3. The van der Waals surface area contributed by atoms with E-state index in [1.165, 1.54) is 6.33 Å². The van der Waals surface area contributed by atoms with Gasteiger partial charge in [-0.05, 0) is 36.2 Å². The van der Waals surface area contributed by atoms with Gasteiger partial charge in [-0.3, -0.25) is 0 Å². The first-order chi connectivity index (χ1) is 12.8. The number of hydrogen-bond donors (Lipinski definition) is 2. The Bertz CT molecular complexity index is 920. The predicted molar refractivity (Wildman–Crippen MR) is 102 cm³/mol. The molecule has 6 heteroatoms. The fourth-order valence-electron chi connectivity index (χ4n) is 2.57. The second-order valence-electron chi connectivity index (χ2n) is 5.59. The zero-order valence-corrected chi connectivity index (χ0v) is 14.4. The fourth-order valence-corrected chi connectivity index (χ4v) is 2.57. The SMILES string of the molecule is COc1ccccc1CCNc1cc(Nc2cccc(C#N)c2)ncn1. The van der Waals surface area contributed by atoms with Gasteiger partial charge >= 0.3 is 0 Å². The fraction of sp³-hybridized carbons (Fsp3) is 0.150. The third-order valence-corrected chi connectivity index (χ3v) is 3.82. The summed E-state index contributed by atoms with van der Waals surface area (Å²) in [4.78, 5) is 8.46. The molecule has 0 atom stereocenters. The molecule has 0 aliphatic rings. The van der Waals surface area contributed by atoms with Crippen LogP contribution < -0.4 is 15.4 Å². The maximum absolute atomic E-state index is 8.98. The van der Waals surface area contributed by atoms with E-state index in [0.717, 1.165) is 35.8 Å². The largest absolute Gasteiger partial charge is 0.496 e. The molecule has 0 aliphatic heterocycles. The van der Waals surface area contributed by atoms with Gasteiger partial charge in [0.25, 0.3) is 0 Å². The van der Waals surface area contributed by atoms with Gasteiger partial charge in [0, 0.05) is 18.3 Å². The van der Waals surface area contributed by atoms with E-state index >= 15 is 0 Å². The average Bonchev–Trinajstić information content (AvgIpc) is 2.69. The minimum atomic E-state index is 0.596. The third-order valence-electron chi connectivity index (χ3n) is 3.82. The van der Waals surface area contributed by atoms with Crippen molar-refractivity contribution in [1.82, 2.24) is 9.97 Å². The van der Waals surface area contributed by atoms with Gasteiger partial charge in [-0.1, -0.05) is 24.3 Å². The van der Waals surface area contributed by atoms with Gasteiger partial charge in [-0.25, -0.2) is 9.97 Å². The summed E-state index contributed by atoms with van der Waals surface area (Å²) in [5.74, 6) is 2.28. The van der Waals surface area contributed by atoms with Crippen LogP contribution in [-0.2, 0) is 6.42 Å². The van der Waals surface area contributed by atoms with Gasteiger partial charge in [0.2, 0.25) is 0 Å². The molecule has 0 radical (unpaired) electrons. The molecule has 0 saturated carbocycles. The molecule has 0 saturated heterocycles. The summed E-state index contributed by atoms with van der Waals surface area (Å²) in [7, 11) is 1.68. The van der Waals surface area contributed by atoms with Crippen LogP contribution >= 0.6 is 0 Å². The molecular formula is C20H19N5O. The van der Waals surface area contributed by atoms with Gasteiger partial charge in [0.1, 0.15) is 23.7 Å². The van der Waals surface area contributed by atoms with Crippen molar-refractivity contribution in [3.63, 3.8) is 0 Å². The van der Waals surface area contributed by atoms with Gasteiger partial charge in [-0.15, -0.1) is 0 Å². The van der Waals surface area contributed by atoms with Crippen molar-refractivity contribution in [3.8, 4) is 11.8 Å². The number of rotatable bonds is 7. The molecule has 2 aromatic carbocycles. The number of nitriles is 1. The molecule has 0 unspecified atom stereocenters. The lowest BCUT2D eigenvalue weighted by atomic mass is 10.1. The highest BCUT2D eigenvalue weighted by Gasteiger charge is 2.03. The van der Waals surface area contributed by atoms with Crippen LogP contribution in [0, 0.1) is 11.3 Å². The number of para-hydroxylation sites is 1. The highest BCUT2D eigenvalue weighted by atomic mass is 16.5. The Hall–Kier alpha value is -3.59. The summed E-state index contributed by atoms with van der Waals surface area (Å²) in [5, 5.41) is 15.5. The highest BCUT2D eigenvalue weighted by Crippen LogP contribution is 2.19. The molecule has 0 aliphatic carbocycles. The van der Waals surface area contributed by atoms with Gasteiger partial charge in [0.15, 0.2) is 0 Å². The van der Waals surface area contributed by atoms with Gasteiger partial charge in [0.05, 0.1) is 18.7 Å². The molecule has 0 amide bonds. The van der Waals surface area contributed by atoms with Crippen LogP contribution in [0.5, 0.6) is 5.75 Å². The molecule has 6 nitrogen and oxygen atoms in total. The number of ether oxygens (including phenoxy) is 1.